The molecule has 0 radical (unpaired) electrons. The number of carbonyl (C=O) groups is 1. The molecule has 0 saturated carbocycles. The molecule has 1 amide bonds. The van der Waals surface area contributed by atoms with Crippen molar-refractivity contribution in [2.24, 2.45) is 0 Å². The molecule has 146 valence electrons. The van der Waals surface area contributed by atoms with Crippen LogP contribution < -0.4 is 14.8 Å². The predicted octanol–water partition coefficient (Wildman–Crippen LogP) is 4.28. The second-order valence-corrected chi connectivity index (χ2v) is 6.85. The second-order valence-electron chi connectivity index (χ2n) is 6.05. The van der Waals surface area contributed by atoms with Gasteiger partial charge < -0.3 is 14.8 Å². The smallest absolute Gasteiger partial charge is 0.251 e. The summed E-state index contributed by atoms with van der Waals surface area (Å²) in [5.41, 5.74) is 1.69. The van der Waals surface area contributed by atoms with Gasteiger partial charge in [-0.25, -0.2) is 0 Å². The molecule has 1 unspecified atom stereocenters. The number of nitrogens with zero attached hydrogens (tertiary/aromatic N) is 1. The predicted molar refractivity (Wildman–Crippen MR) is 112 cm³/mol. The number of likely N-dealkylation sites (N-methyl/N-ethyl adjacent to an activating group) is 1. The van der Waals surface area contributed by atoms with Gasteiger partial charge in [-0.3, -0.25) is 9.69 Å². The first kappa shape index (κ1) is 21.3. The van der Waals surface area contributed by atoms with E-state index in [4.69, 9.17) is 9.47 Å². The van der Waals surface area contributed by atoms with E-state index in [0.717, 1.165) is 13.1 Å². The van der Waals surface area contributed by atoms with Crippen LogP contribution in [-0.4, -0.2) is 44.7 Å². The van der Waals surface area contributed by atoms with E-state index in [9.17, 15) is 4.79 Å². The lowest BCUT2D eigenvalue weighted by Gasteiger charge is -2.30. The molecule has 0 bridgehead atoms. The van der Waals surface area contributed by atoms with E-state index >= 15 is 0 Å². The molecule has 0 heterocycles. The molecule has 6 heteroatoms. The number of nitrogens with one attached hydrogen (secondary N) is 1. The zero-order chi connectivity index (χ0) is 19.8. The fraction of sp³-hybridized carbons (Fsp3) is 0.381. The number of rotatable bonds is 9. The van der Waals surface area contributed by atoms with Gasteiger partial charge in [-0.1, -0.05) is 44.2 Å². The van der Waals surface area contributed by atoms with E-state index < -0.39 is 0 Å². The summed E-state index contributed by atoms with van der Waals surface area (Å²) >= 11 is 3.43. The van der Waals surface area contributed by atoms with Crippen molar-refractivity contribution in [3.8, 4) is 11.5 Å². The van der Waals surface area contributed by atoms with Crippen LogP contribution in [0.15, 0.2) is 46.9 Å². The Morgan fingerprint density at radius 2 is 1.63 bits per heavy atom. The number of amides is 1. The van der Waals surface area contributed by atoms with Crippen molar-refractivity contribution in [2.45, 2.75) is 19.9 Å². The largest absolute Gasteiger partial charge is 0.495 e. The molecule has 0 fully saturated rings. The number of benzene rings is 2. The van der Waals surface area contributed by atoms with E-state index in [2.05, 4.69) is 52.1 Å². The van der Waals surface area contributed by atoms with E-state index in [-0.39, 0.29) is 11.9 Å². The first-order valence-corrected chi connectivity index (χ1v) is 9.83. The highest BCUT2D eigenvalue weighted by Crippen LogP contribution is 2.35. The highest BCUT2D eigenvalue weighted by Gasteiger charge is 2.20. The average Bonchev–Trinajstić information content (AvgIpc) is 2.71. The van der Waals surface area contributed by atoms with Crippen LogP contribution in [0.4, 0.5) is 0 Å². The zero-order valence-electron chi connectivity index (χ0n) is 16.3. The van der Waals surface area contributed by atoms with Crippen LogP contribution in [-0.2, 0) is 0 Å². The molecule has 0 aliphatic rings. The SMILES string of the molecule is CCN(CC)C(CNC(=O)c1cc(OC)c(Br)c(OC)c1)c1ccccc1. The third-order valence-corrected chi connectivity index (χ3v) is 5.38. The molecule has 0 aliphatic carbocycles. The van der Waals surface area contributed by atoms with Gasteiger partial charge in [0.2, 0.25) is 0 Å². The molecule has 5 nitrogen and oxygen atoms in total. The fourth-order valence-corrected chi connectivity index (χ4v) is 3.64. The lowest BCUT2D eigenvalue weighted by molar-refractivity contribution is 0.0934. The van der Waals surface area contributed by atoms with Gasteiger partial charge in [0, 0.05) is 12.1 Å². The maximum atomic E-state index is 12.8. The number of hydrogen-bond donors (Lipinski definition) is 1. The molecule has 2 rings (SSSR count). The monoisotopic (exact) mass is 434 g/mol. The minimum Gasteiger partial charge on any atom is -0.495 e. The molecule has 27 heavy (non-hydrogen) atoms. The van der Waals surface area contributed by atoms with Crippen molar-refractivity contribution >= 4 is 21.8 Å². The number of hydrogen-bond acceptors (Lipinski definition) is 4. The quantitative estimate of drug-likeness (QED) is 0.639. The van der Waals surface area contributed by atoms with Crippen molar-refractivity contribution in [3.05, 3.63) is 58.1 Å². The standard InChI is InChI=1S/C21H27BrN2O3/c1-5-24(6-2)17(15-10-8-7-9-11-15)14-23-21(25)16-12-18(26-3)20(22)19(13-16)27-4/h7-13,17H,5-6,14H2,1-4H3,(H,23,25). The van der Waals surface area contributed by atoms with Gasteiger partial charge in [-0.15, -0.1) is 0 Å². The van der Waals surface area contributed by atoms with Gasteiger partial charge in [-0.05, 0) is 46.7 Å². The Labute approximate surface area is 169 Å². The summed E-state index contributed by atoms with van der Waals surface area (Å²) in [6.07, 6.45) is 0. The molecular weight excluding hydrogens is 408 g/mol. The average molecular weight is 435 g/mol. The first-order valence-electron chi connectivity index (χ1n) is 9.04. The van der Waals surface area contributed by atoms with Gasteiger partial charge in [0.25, 0.3) is 5.91 Å². The van der Waals surface area contributed by atoms with Crippen LogP contribution in [0.1, 0.15) is 35.8 Å². The maximum Gasteiger partial charge on any atom is 0.251 e. The summed E-state index contributed by atoms with van der Waals surface area (Å²) < 4.78 is 11.4. The lowest BCUT2D eigenvalue weighted by atomic mass is 10.0. The van der Waals surface area contributed by atoms with Crippen molar-refractivity contribution in [1.82, 2.24) is 10.2 Å². The zero-order valence-corrected chi connectivity index (χ0v) is 17.9. The van der Waals surface area contributed by atoms with E-state index in [1.165, 1.54) is 5.56 Å². The second kappa shape index (κ2) is 10.3. The number of methoxy groups -OCH3 is 2. The van der Waals surface area contributed by atoms with Gasteiger partial charge in [0.05, 0.1) is 20.3 Å². The van der Waals surface area contributed by atoms with Crippen LogP contribution in [0, 0.1) is 0 Å². The molecule has 0 saturated heterocycles. The maximum absolute atomic E-state index is 12.8. The Kier molecular flexibility index (Phi) is 8.13. The van der Waals surface area contributed by atoms with E-state index in [1.807, 2.05) is 18.2 Å². The molecule has 0 aromatic heterocycles. The highest BCUT2D eigenvalue weighted by molar-refractivity contribution is 9.10. The highest BCUT2D eigenvalue weighted by atomic mass is 79.9. The Balaban J connectivity index is 2.21. The van der Waals surface area contributed by atoms with Gasteiger partial charge >= 0.3 is 0 Å². The summed E-state index contributed by atoms with van der Waals surface area (Å²) in [5, 5.41) is 3.06. The molecule has 1 atom stereocenters. The van der Waals surface area contributed by atoms with Gasteiger partial charge in [0.15, 0.2) is 0 Å². The van der Waals surface area contributed by atoms with Crippen molar-refractivity contribution < 1.29 is 14.3 Å². The van der Waals surface area contributed by atoms with Crippen molar-refractivity contribution in [2.75, 3.05) is 33.9 Å². The minimum atomic E-state index is -0.160. The van der Waals surface area contributed by atoms with Gasteiger partial charge in [0.1, 0.15) is 16.0 Å². The summed E-state index contributed by atoms with van der Waals surface area (Å²) in [5.74, 6) is 0.956. The third kappa shape index (κ3) is 5.23. The fourth-order valence-electron chi connectivity index (χ4n) is 3.09. The van der Waals surface area contributed by atoms with E-state index in [1.54, 1.807) is 26.4 Å². The Morgan fingerprint density at radius 3 is 2.11 bits per heavy atom. The molecule has 1 N–H and O–H groups in total. The number of carbonyl (C=O) groups excluding carboxylic acids is 1. The normalized spacial score (nSPS) is 11.9. The van der Waals surface area contributed by atoms with Crippen molar-refractivity contribution in [1.29, 1.82) is 0 Å². The molecular formula is C21H27BrN2O3. The van der Waals surface area contributed by atoms with Crippen LogP contribution in [0.25, 0.3) is 0 Å². The van der Waals surface area contributed by atoms with Crippen LogP contribution in [0.5, 0.6) is 11.5 Å². The summed E-state index contributed by atoms with van der Waals surface area (Å²) in [4.78, 5) is 15.1. The Bertz CT molecular complexity index is 723. The molecule has 0 aliphatic heterocycles. The van der Waals surface area contributed by atoms with Crippen molar-refractivity contribution in [3.63, 3.8) is 0 Å². The van der Waals surface area contributed by atoms with E-state index in [0.29, 0.717) is 28.1 Å². The number of ether oxygens (including phenoxy) is 2. The number of halogens is 1. The van der Waals surface area contributed by atoms with Crippen LogP contribution in [0.2, 0.25) is 0 Å². The topological polar surface area (TPSA) is 50.8 Å². The Morgan fingerprint density at radius 1 is 1.07 bits per heavy atom. The molecule has 2 aromatic rings. The summed E-state index contributed by atoms with van der Waals surface area (Å²) in [6, 6.07) is 13.8. The Hall–Kier alpha value is -2.05. The third-order valence-electron chi connectivity index (χ3n) is 4.60. The lowest BCUT2D eigenvalue weighted by Crippen LogP contribution is -2.38. The molecule has 2 aromatic carbocycles. The van der Waals surface area contributed by atoms with Crippen LogP contribution >= 0.6 is 15.9 Å². The minimum absolute atomic E-state index is 0.115. The van der Waals surface area contributed by atoms with Gasteiger partial charge in [-0.2, -0.15) is 0 Å². The first-order chi connectivity index (χ1) is 13.0. The summed E-state index contributed by atoms with van der Waals surface area (Å²) in [6.45, 7) is 6.60. The molecule has 0 spiro atoms. The summed E-state index contributed by atoms with van der Waals surface area (Å²) in [7, 11) is 3.13. The van der Waals surface area contributed by atoms with Crippen LogP contribution in [0.3, 0.4) is 0 Å².